The molecular formula is C12H14F3NO2. The molecule has 1 aromatic carbocycles. The fourth-order valence-electron chi connectivity index (χ4n) is 1.83. The summed E-state index contributed by atoms with van der Waals surface area (Å²) in [6.07, 6.45) is -2.13. The van der Waals surface area contributed by atoms with Gasteiger partial charge in [0.2, 0.25) is 0 Å². The summed E-state index contributed by atoms with van der Waals surface area (Å²) >= 11 is 0. The van der Waals surface area contributed by atoms with Gasteiger partial charge in [0.05, 0.1) is 0 Å². The Balaban J connectivity index is 2.06. The van der Waals surface area contributed by atoms with E-state index in [9.17, 15) is 13.2 Å². The minimum atomic E-state index is -4.71. The molecule has 18 heavy (non-hydrogen) atoms. The first-order valence-electron chi connectivity index (χ1n) is 5.79. The highest BCUT2D eigenvalue weighted by Crippen LogP contribution is 2.32. The van der Waals surface area contributed by atoms with E-state index in [0.717, 1.165) is 25.8 Å². The van der Waals surface area contributed by atoms with Crippen molar-refractivity contribution in [2.75, 3.05) is 6.54 Å². The predicted octanol–water partition coefficient (Wildman–Crippen LogP) is 3.06. The summed E-state index contributed by atoms with van der Waals surface area (Å²) in [6.45, 7) is 0.812. The van der Waals surface area contributed by atoms with Gasteiger partial charge in [-0.05, 0) is 37.9 Å². The first kappa shape index (κ1) is 13.0. The standard InChI is InChI=1S/C12H14F3NO2/c13-12(14,15)18-10-6-2-1-5-9(10)17-11-7-3-4-8-16-11/h1-2,5-6,11,16H,3-4,7-8H2. The highest BCUT2D eigenvalue weighted by molar-refractivity contribution is 5.39. The fraction of sp³-hybridized carbons (Fsp3) is 0.500. The zero-order valence-corrected chi connectivity index (χ0v) is 9.67. The molecule has 0 saturated carbocycles. The molecule has 1 aliphatic heterocycles. The van der Waals surface area contributed by atoms with E-state index in [1.165, 1.54) is 18.2 Å². The Labute approximate surface area is 103 Å². The number of ether oxygens (including phenoxy) is 2. The average molecular weight is 261 g/mol. The van der Waals surface area contributed by atoms with Crippen molar-refractivity contribution in [3.05, 3.63) is 24.3 Å². The smallest absolute Gasteiger partial charge is 0.471 e. The summed E-state index contributed by atoms with van der Waals surface area (Å²) < 4.78 is 46.0. The van der Waals surface area contributed by atoms with E-state index in [-0.39, 0.29) is 17.7 Å². The van der Waals surface area contributed by atoms with Crippen LogP contribution in [0.4, 0.5) is 13.2 Å². The van der Waals surface area contributed by atoms with Crippen LogP contribution >= 0.6 is 0 Å². The van der Waals surface area contributed by atoms with Gasteiger partial charge >= 0.3 is 6.36 Å². The van der Waals surface area contributed by atoms with Crippen LogP contribution in [0.25, 0.3) is 0 Å². The summed E-state index contributed by atoms with van der Waals surface area (Å²) in [5, 5.41) is 3.10. The molecule has 1 atom stereocenters. The lowest BCUT2D eigenvalue weighted by Crippen LogP contribution is -2.38. The fourth-order valence-corrected chi connectivity index (χ4v) is 1.83. The number of nitrogens with one attached hydrogen (secondary N) is 1. The highest BCUT2D eigenvalue weighted by Gasteiger charge is 2.32. The molecule has 0 aliphatic carbocycles. The molecule has 1 heterocycles. The number of benzene rings is 1. The van der Waals surface area contributed by atoms with Crippen molar-refractivity contribution < 1.29 is 22.6 Å². The minimum Gasteiger partial charge on any atom is -0.471 e. The maximum atomic E-state index is 12.2. The number of alkyl halides is 3. The monoisotopic (exact) mass is 261 g/mol. The van der Waals surface area contributed by atoms with Crippen molar-refractivity contribution in [1.29, 1.82) is 0 Å². The van der Waals surface area contributed by atoms with Gasteiger partial charge in [-0.15, -0.1) is 13.2 Å². The van der Waals surface area contributed by atoms with Crippen molar-refractivity contribution >= 4 is 0 Å². The van der Waals surface area contributed by atoms with E-state index in [1.807, 2.05) is 0 Å². The van der Waals surface area contributed by atoms with Crippen molar-refractivity contribution in [2.24, 2.45) is 0 Å². The SMILES string of the molecule is FC(F)(F)Oc1ccccc1OC1CCCCN1. The first-order valence-corrected chi connectivity index (χ1v) is 5.79. The van der Waals surface area contributed by atoms with Crippen molar-refractivity contribution in [3.63, 3.8) is 0 Å². The number of halogens is 3. The Bertz CT molecular complexity index is 389. The van der Waals surface area contributed by atoms with E-state index in [2.05, 4.69) is 10.1 Å². The van der Waals surface area contributed by atoms with E-state index in [1.54, 1.807) is 6.07 Å². The lowest BCUT2D eigenvalue weighted by Gasteiger charge is -2.25. The number of hydrogen-bond acceptors (Lipinski definition) is 3. The Morgan fingerprint density at radius 3 is 2.44 bits per heavy atom. The zero-order valence-electron chi connectivity index (χ0n) is 9.67. The van der Waals surface area contributed by atoms with Gasteiger partial charge in [0.15, 0.2) is 11.5 Å². The van der Waals surface area contributed by atoms with Crippen LogP contribution in [0, 0.1) is 0 Å². The highest BCUT2D eigenvalue weighted by atomic mass is 19.4. The van der Waals surface area contributed by atoms with Crippen LogP contribution in [0.3, 0.4) is 0 Å². The molecule has 1 N–H and O–H groups in total. The molecule has 0 bridgehead atoms. The lowest BCUT2D eigenvalue weighted by atomic mass is 10.1. The van der Waals surface area contributed by atoms with E-state index in [0.29, 0.717) is 0 Å². The van der Waals surface area contributed by atoms with E-state index < -0.39 is 6.36 Å². The number of para-hydroxylation sites is 2. The van der Waals surface area contributed by atoms with Crippen LogP contribution in [-0.2, 0) is 0 Å². The minimum absolute atomic E-state index is 0.106. The summed E-state index contributed by atoms with van der Waals surface area (Å²) in [7, 11) is 0. The third-order valence-electron chi connectivity index (χ3n) is 2.61. The number of piperidine rings is 1. The molecule has 1 fully saturated rings. The number of hydrogen-bond donors (Lipinski definition) is 1. The Kier molecular flexibility index (Phi) is 3.96. The molecule has 3 nitrogen and oxygen atoms in total. The van der Waals surface area contributed by atoms with Gasteiger partial charge in [-0.2, -0.15) is 0 Å². The molecular weight excluding hydrogens is 247 g/mol. The molecule has 0 radical (unpaired) electrons. The van der Waals surface area contributed by atoms with Crippen LogP contribution in [0.15, 0.2) is 24.3 Å². The molecule has 2 rings (SSSR count). The Morgan fingerprint density at radius 1 is 1.11 bits per heavy atom. The molecule has 0 spiro atoms. The molecule has 1 aliphatic rings. The van der Waals surface area contributed by atoms with E-state index >= 15 is 0 Å². The molecule has 6 heteroatoms. The van der Waals surface area contributed by atoms with Gasteiger partial charge in [-0.3, -0.25) is 5.32 Å². The maximum Gasteiger partial charge on any atom is 0.573 e. The zero-order chi connectivity index (χ0) is 13.0. The van der Waals surface area contributed by atoms with Crippen molar-refractivity contribution in [1.82, 2.24) is 5.32 Å². The van der Waals surface area contributed by atoms with Crippen molar-refractivity contribution in [2.45, 2.75) is 31.9 Å². The second-order valence-electron chi connectivity index (χ2n) is 4.05. The first-order chi connectivity index (χ1) is 8.54. The third kappa shape index (κ3) is 3.80. The second-order valence-corrected chi connectivity index (χ2v) is 4.05. The molecule has 1 saturated heterocycles. The molecule has 100 valence electrons. The largest absolute Gasteiger partial charge is 0.573 e. The topological polar surface area (TPSA) is 30.5 Å². The lowest BCUT2D eigenvalue weighted by molar-refractivity contribution is -0.275. The summed E-state index contributed by atoms with van der Waals surface area (Å²) in [5.41, 5.74) is 0. The van der Waals surface area contributed by atoms with Gasteiger partial charge < -0.3 is 9.47 Å². The third-order valence-corrected chi connectivity index (χ3v) is 2.61. The van der Waals surface area contributed by atoms with Crippen LogP contribution in [0.1, 0.15) is 19.3 Å². The van der Waals surface area contributed by atoms with Crippen LogP contribution in [0.2, 0.25) is 0 Å². The van der Waals surface area contributed by atoms with E-state index in [4.69, 9.17) is 4.74 Å². The van der Waals surface area contributed by atoms with Gasteiger partial charge in [0, 0.05) is 0 Å². The van der Waals surface area contributed by atoms with Crippen LogP contribution in [-0.4, -0.2) is 19.1 Å². The molecule has 0 aromatic heterocycles. The summed E-state index contributed by atoms with van der Waals surface area (Å²) in [6, 6.07) is 5.80. The maximum absolute atomic E-state index is 12.2. The Morgan fingerprint density at radius 2 is 1.83 bits per heavy atom. The average Bonchev–Trinajstić information content (AvgIpc) is 2.31. The summed E-state index contributed by atoms with van der Waals surface area (Å²) in [5.74, 6) is -0.202. The summed E-state index contributed by atoms with van der Waals surface area (Å²) in [4.78, 5) is 0. The van der Waals surface area contributed by atoms with Crippen molar-refractivity contribution in [3.8, 4) is 11.5 Å². The van der Waals surface area contributed by atoms with Gasteiger partial charge in [-0.25, -0.2) is 0 Å². The van der Waals surface area contributed by atoms with Crippen LogP contribution < -0.4 is 14.8 Å². The molecule has 1 aromatic rings. The molecule has 1 unspecified atom stereocenters. The Hall–Kier alpha value is -1.43. The quantitative estimate of drug-likeness (QED) is 0.907. The predicted molar refractivity (Wildman–Crippen MR) is 59.4 cm³/mol. The van der Waals surface area contributed by atoms with Gasteiger partial charge in [0.1, 0.15) is 6.23 Å². The second kappa shape index (κ2) is 5.48. The molecule has 0 amide bonds. The van der Waals surface area contributed by atoms with Gasteiger partial charge in [0.25, 0.3) is 0 Å². The van der Waals surface area contributed by atoms with Gasteiger partial charge in [-0.1, -0.05) is 12.1 Å². The van der Waals surface area contributed by atoms with Crippen LogP contribution in [0.5, 0.6) is 11.5 Å². The normalized spacial score (nSPS) is 20.5. The number of rotatable bonds is 3.